The summed E-state index contributed by atoms with van der Waals surface area (Å²) in [7, 11) is 0. The van der Waals surface area contributed by atoms with Gasteiger partial charge < -0.3 is 14.7 Å². The number of carbonyl (C=O) groups excluding carboxylic acids is 1. The Morgan fingerprint density at radius 3 is 2.69 bits per heavy atom. The van der Waals surface area contributed by atoms with E-state index in [2.05, 4.69) is 23.8 Å². The number of fused-ring (bicyclic) bond motifs is 1. The van der Waals surface area contributed by atoms with Crippen molar-refractivity contribution in [2.45, 2.75) is 39.2 Å². The molecule has 1 aliphatic rings. The molecule has 2 aromatic rings. The highest BCUT2D eigenvalue weighted by Gasteiger charge is 2.31. The van der Waals surface area contributed by atoms with Crippen molar-refractivity contribution in [2.24, 2.45) is 0 Å². The molecule has 1 atom stereocenters. The Morgan fingerprint density at radius 2 is 2.00 bits per heavy atom. The zero-order valence-corrected chi connectivity index (χ0v) is 15.5. The number of hydrogen-bond donors (Lipinski definition) is 1. The Kier molecular flexibility index (Phi) is 6.06. The molecule has 1 aliphatic carbocycles. The average molecular weight is 357 g/mol. The van der Waals surface area contributed by atoms with Gasteiger partial charge in [0.1, 0.15) is 12.3 Å². The van der Waals surface area contributed by atoms with Gasteiger partial charge >= 0.3 is 5.97 Å². The molecule has 1 N–H and O–H groups in total. The highest BCUT2D eigenvalue weighted by molar-refractivity contribution is 5.76. The van der Waals surface area contributed by atoms with Crippen LogP contribution in [0, 0.1) is 0 Å². The van der Waals surface area contributed by atoms with E-state index < -0.39 is 12.1 Å². The Balaban J connectivity index is 1.74. The van der Waals surface area contributed by atoms with Gasteiger partial charge in [0.05, 0.1) is 5.69 Å². The third kappa shape index (κ3) is 3.81. The molecular formula is C20H27N3O3. The Hall–Kier alpha value is -2.18. The quantitative estimate of drug-likeness (QED) is 0.734. The molecule has 0 radical (unpaired) electrons. The van der Waals surface area contributed by atoms with Crippen molar-refractivity contribution >= 4 is 5.97 Å². The van der Waals surface area contributed by atoms with Crippen molar-refractivity contribution < 1.29 is 14.6 Å². The van der Waals surface area contributed by atoms with Gasteiger partial charge in [-0.3, -0.25) is 0 Å². The lowest BCUT2D eigenvalue weighted by atomic mass is 10.1. The van der Waals surface area contributed by atoms with Gasteiger partial charge in [-0.1, -0.05) is 32.0 Å². The van der Waals surface area contributed by atoms with Crippen molar-refractivity contribution in [2.75, 3.05) is 26.2 Å². The van der Waals surface area contributed by atoms with Gasteiger partial charge in [-0.2, -0.15) is 5.10 Å². The number of aliphatic hydroxyl groups excluding tert-OH is 1. The number of esters is 1. The Morgan fingerprint density at radius 1 is 1.27 bits per heavy atom. The maximum atomic E-state index is 12.3. The minimum atomic E-state index is -1.33. The number of aromatic nitrogens is 2. The summed E-state index contributed by atoms with van der Waals surface area (Å²) in [6, 6.07) is 9.82. The first-order valence-electron chi connectivity index (χ1n) is 9.38. The Labute approximate surface area is 154 Å². The van der Waals surface area contributed by atoms with Crippen LogP contribution in [0.5, 0.6) is 0 Å². The van der Waals surface area contributed by atoms with Crippen LogP contribution >= 0.6 is 0 Å². The fourth-order valence-corrected chi connectivity index (χ4v) is 3.47. The van der Waals surface area contributed by atoms with Gasteiger partial charge in [-0.25, -0.2) is 9.48 Å². The number of nitrogens with zero attached hydrogens (tertiary/aromatic N) is 3. The first-order chi connectivity index (χ1) is 12.7. The summed E-state index contributed by atoms with van der Waals surface area (Å²) in [5.41, 5.74) is 3.46. The van der Waals surface area contributed by atoms with Gasteiger partial charge in [0.2, 0.25) is 0 Å². The number of likely N-dealkylation sites (N-methyl/N-ethyl adjacent to an activating group) is 1. The van der Waals surface area contributed by atoms with Crippen LogP contribution in [0.3, 0.4) is 0 Å². The maximum Gasteiger partial charge on any atom is 0.341 e. The summed E-state index contributed by atoms with van der Waals surface area (Å²) in [4.78, 5) is 14.5. The largest absolute Gasteiger partial charge is 0.462 e. The van der Waals surface area contributed by atoms with E-state index in [1.165, 1.54) is 0 Å². The topological polar surface area (TPSA) is 67.6 Å². The molecule has 140 valence electrons. The summed E-state index contributed by atoms with van der Waals surface area (Å²) < 4.78 is 7.14. The van der Waals surface area contributed by atoms with Crippen LogP contribution in [0.4, 0.5) is 0 Å². The normalized spacial score (nSPS) is 14.5. The predicted octanol–water partition coefficient (Wildman–Crippen LogP) is 2.28. The second-order valence-corrected chi connectivity index (χ2v) is 6.51. The summed E-state index contributed by atoms with van der Waals surface area (Å²) in [5, 5.41) is 15.1. The van der Waals surface area contributed by atoms with Crippen LogP contribution in [0.2, 0.25) is 0 Å². The number of rotatable bonds is 8. The smallest absolute Gasteiger partial charge is 0.341 e. The highest BCUT2D eigenvalue weighted by atomic mass is 16.5. The van der Waals surface area contributed by atoms with Crippen molar-refractivity contribution in [3.8, 4) is 5.69 Å². The molecule has 1 aromatic carbocycles. The molecule has 3 rings (SSSR count). The monoisotopic (exact) mass is 357 g/mol. The first kappa shape index (κ1) is 18.6. The van der Waals surface area contributed by atoms with Gasteiger partial charge in [0.25, 0.3) is 0 Å². The number of para-hydroxylation sites is 1. The zero-order chi connectivity index (χ0) is 18.5. The van der Waals surface area contributed by atoms with Gasteiger partial charge in [-0.05, 0) is 44.5 Å². The molecule has 0 saturated carbocycles. The van der Waals surface area contributed by atoms with Gasteiger partial charge in [0.15, 0.2) is 6.10 Å². The molecule has 0 amide bonds. The number of hydrogen-bond acceptors (Lipinski definition) is 5. The highest BCUT2D eigenvalue weighted by Crippen LogP contribution is 2.31. The SMILES string of the molecule is CCN(CC)CCOC(=O)C(O)c1nn(-c2ccccc2)c2c1CCC2. The molecule has 26 heavy (non-hydrogen) atoms. The first-order valence-corrected chi connectivity index (χ1v) is 9.38. The van der Waals surface area contributed by atoms with Crippen molar-refractivity contribution in [1.29, 1.82) is 0 Å². The van der Waals surface area contributed by atoms with E-state index in [4.69, 9.17) is 4.74 Å². The van der Waals surface area contributed by atoms with Gasteiger partial charge in [-0.15, -0.1) is 0 Å². The lowest BCUT2D eigenvalue weighted by Crippen LogP contribution is -2.29. The van der Waals surface area contributed by atoms with Crippen molar-refractivity contribution in [3.63, 3.8) is 0 Å². The molecule has 6 heteroatoms. The van der Waals surface area contributed by atoms with E-state index in [0.717, 1.165) is 49.3 Å². The number of aliphatic hydroxyl groups is 1. The van der Waals surface area contributed by atoms with Gasteiger partial charge in [0, 0.05) is 17.8 Å². The van der Waals surface area contributed by atoms with E-state index in [-0.39, 0.29) is 6.61 Å². The zero-order valence-electron chi connectivity index (χ0n) is 15.5. The molecule has 0 aliphatic heterocycles. The fourth-order valence-electron chi connectivity index (χ4n) is 3.47. The van der Waals surface area contributed by atoms with Crippen LogP contribution in [-0.4, -0.2) is 52.0 Å². The van der Waals surface area contributed by atoms with Crippen LogP contribution in [0.25, 0.3) is 5.69 Å². The fraction of sp³-hybridized carbons (Fsp3) is 0.500. The van der Waals surface area contributed by atoms with Crippen LogP contribution in [0.15, 0.2) is 30.3 Å². The summed E-state index contributed by atoms with van der Waals surface area (Å²) in [6.07, 6.45) is 1.42. The molecule has 1 heterocycles. The van der Waals surface area contributed by atoms with E-state index in [9.17, 15) is 9.90 Å². The number of carbonyl (C=O) groups is 1. The minimum Gasteiger partial charge on any atom is -0.462 e. The van der Waals surface area contributed by atoms with Crippen LogP contribution in [-0.2, 0) is 22.4 Å². The number of benzene rings is 1. The molecular weight excluding hydrogens is 330 g/mol. The third-order valence-electron chi connectivity index (χ3n) is 4.99. The molecule has 0 spiro atoms. The van der Waals surface area contributed by atoms with Crippen molar-refractivity contribution in [1.82, 2.24) is 14.7 Å². The second kappa shape index (κ2) is 8.47. The standard InChI is InChI=1S/C20H27N3O3/c1-3-22(4-2)13-14-26-20(25)19(24)18-16-11-8-12-17(16)23(21-18)15-9-6-5-7-10-15/h5-7,9-10,19,24H,3-4,8,11-14H2,1-2H3. The van der Waals surface area contributed by atoms with Crippen LogP contribution < -0.4 is 0 Å². The Bertz CT molecular complexity index is 738. The molecule has 6 nitrogen and oxygen atoms in total. The predicted molar refractivity (Wildman–Crippen MR) is 99.3 cm³/mol. The molecule has 1 aromatic heterocycles. The van der Waals surface area contributed by atoms with E-state index in [1.807, 2.05) is 35.0 Å². The molecule has 0 fully saturated rings. The van der Waals surface area contributed by atoms with E-state index in [1.54, 1.807) is 0 Å². The lowest BCUT2D eigenvalue weighted by Gasteiger charge is -2.18. The molecule has 0 bridgehead atoms. The molecule has 1 unspecified atom stereocenters. The number of ether oxygens (including phenoxy) is 1. The third-order valence-corrected chi connectivity index (χ3v) is 4.99. The maximum absolute atomic E-state index is 12.3. The molecule has 0 saturated heterocycles. The lowest BCUT2D eigenvalue weighted by molar-refractivity contribution is -0.154. The van der Waals surface area contributed by atoms with Crippen LogP contribution in [0.1, 0.15) is 43.3 Å². The summed E-state index contributed by atoms with van der Waals surface area (Å²) >= 11 is 0. The summed E-state index contributed by atoms with van der Waals surface area (Å²) in [5.74, 6) is -0.621. The van der Waals surface area contributed by atoms with E-state index in [0.29, 0.717) is 12.2 Å². The van der Waals surface area contributed by atoms with Crippen molar-refractivity contribution in [3.05, 3.63) is 47.3 Å². The second-order valence-electron chi connectivity index (χ2n) is 6.51. The minimum absolute atomic E-state index is 0.277. The van der Waals surface area contributed by atoms with E-state index >= 15 is 0 Å². The summed E-state index contributed by atoms with van der Waals surface area (Å²) in [6.45, 7) is 6.90. The average Bonchev–Trinajstić information content (AvgIpc) is 3.28.